The third-order valence-corrected chi connectivity index (χ3v) is 3.40. The number of hydrogen-bond donors (Lipinski definition) is 2. The van der Waals surface area contributed by atoms with E-state index in [0.717, 1.165) is 22.7 Å². The molecule has 0 radical (unpaired) electrons. The highest BCUT2D eigenvalue weighted by Gasteiger charge is 2.09. The third kappa shape index (κ3) is 3.52. The Kier molecular flexibility index (Phi) is 4.64. The van der Waals surface area contributed by atoms with E-state index in [1.165, 1.54) is 0 Å². The first-order chi connectivity index (χ1) is 9.60. The van der Waals surface area contributed by atoms with Crippen LogP contribution in [0.3, 0.4) is 0 Å². The normalized spacial score (nSPS) is 11.9. The minimum Gasteiger partial charge on any atom is -0.378 e. The molecule has 4 heteroatoms. The first-order valence-electron chi connectivity index (χ1n) is 6.52. The van der Waals surface area contributed by atoms with Gasteiger partial charge in [0, 0.05) is 16.3 Å². The Bertz CT molecular complexity index is 596. The van der Waals surface area contributed by atoms with Crippen LogP contribution >= 0.6 is 11.6 Å². The van der Waals surface area contributed by atoms with Crippen LogP contribution in [-0.2, 0) is 0 Å². The maximum absolute atomic E-state index is 11.0. The summed E-state index contributed by atoms with van der Waals surface area (Å²) in [4.78, 5) is 11.0. The van der Waals surface area contributed by atoms with Gasteiger partial charge in [0.2, 0.25) is 5.91 Å². The molecule has 0 spiro atoms. The molecule has 2 aromatic rings. The van der Waals surface area contributed by atoms with Gasteiger partial charge >= 0.3 is 0 Å². The minimum absolute atomic E-state index is 0.174. The minimum atomic E-state index is -0.418. The molecule has 0 aliphatic carbocycles. The summed E-state index contributed by atoms with van der Waals surface area (Å²) in [7, 11) is 0. The van der Waals surface area contributed by atoms with Gasteiger partial charge in [0.05, 0.1) is 6.04 Å². The van der Waals surface area contributed by atoms with E-state index in [1.54, 1.807) is 12.1 Å². The predicted molar refractivity (Wildman–Crippen MR) is 83.1 cm³/mol. The second kappa shape index (κ2) is 6.44. The van der Waals surface area contributed by atoms with Gasteiger partial charge in [-0.15, -0.1) is 0 Å². The number of carbonyl (C=O) groups excluding carboxylic acids is 1. The van der Waals surface area contributed by atoms with Gasteiger partial charge in [0.15, 0.2) is 0 Å². The molecule has 3 N–H and O–H groups in total. The Morgan fingerprint density at radius 2 is 1.95 bits per heavy atom. The summed E-state index contributed by atoms with van der Waals surface area (Å²) < 4.78 is 0. The van der Waals surface area contributed by atoms with Crippen molar-refractivity contribution < 1.29 is 4.79 Å². The molecule has 2 aromatic carbocycles. The van der Waals surface area contributed by atoms with Crippen molar-refractivity contribution in [1.82, 2.24) is 0 Å². The van der Waals surface area contributed by atoms with Crippen LogP contribution in [0.5, 0.6) is 0 Å². The lowest BCUT2D eigenvalue weighted by Crippen LogP contribution is -2.12. The monoisotopic (exact) mass is 288 g/mol. The average Bonchev–Trinajstić information content (AvgIpc) is 2.45. The summed E-state index contributed by atoms with van der Waals surface area (Å²) in [5, 5.41) is 4.16. The molecule has 20 heavy (non-hydrogen) atoms. The van der Waals surface area contributed by atoms with Crippen LogP contribution in [0, 0.1) is 0 Å². The Hall–Kier alpha value is -2.00. The van der Waals surface area contributed by atoms with Crippen molar-refractivity contribution in [2.75, 3.05) is 5.32 Å². The fourth-order valence-electron chi connectivity index (χ4n) is 2.08. The molecule has 0 fully saturated rings. The van der Waals surface area contributed by atoms with Crippen LogP contribution in [0.25, 0.3) is 0 Å². The van der Waals surface area contributed by atoms with Crippen molar-refractivity contribution in [1.29, 1.82) is 0 Å². The van der Waals surface area contributed by atoms with Gasteiger partial charge in [-0.25, -0.2) is 0 Å². The predicted octanol–water partition coefficient (Wildman–Crippen LogP) is 4.00. The quantitative estimate of drug-likeness (QED) is 0.873. The first kappa shape index (κ1) is 14.4. The van der Waals surface area contributed by atoms with E-state index in [9.17, 15) is 4.79 Å². The molecule has 0 heterocycles. The summed E-state index contributed by atoms with van der Waals surface area (Å²) in [5.74, 6) is -0.418. The zero-order chi connectivity index (χ0) is 14.5. The van der Waals surface area contributed by atoms with Crippen LogP contribution < -0.4 is 11.1 Å². The summed E-state index contributed by atoms with van der Waals surface area (Å²) in [6, 6.07) is 15.1. The van der Waals surface area contributed by atoms with E-state index in [1.807, 2.05) is 36.4 Å². The first-order valence-corrected chi connectivity index (χ1v) is 6.90. The van der Waals surface area contributed by atoms with Gasteiger partial charge in [0.25, 0.3) is 0 Å². The molecule has 1 atom stereocenters. The molecule has 2 rings (SSSR count). The highest BCUT2D eigenvalue weighted by molar-refractivity contribution is 6.30. The smallest absolute Gasteiger partial charge is 0.248 e. The summed E-state index contributed by atoms with van der Waals surface area (Å²) in [6.07, 6.45) is 0.928. The lowest BCUT2D eigenvalue weighted by Gasteiger charge is -2.19. The topological polar surface area (TPSA) is 55.1 Å². The lowest BCUT2D eigenvalue weighted by molar-refractivity contribution is 0.100. The van der Waals surface area contributed by atoms with Crippen LogP contribution in [0.15, 0.2) is 48.5 Å². The molecule has 0 saturated carbocycles. The van der Waals surface area contributed by atoms with Gasteiger partial charge in [-0.1, -0.05) is 30.7 Å². The molecule has 104 valence electrons. The standard InChI is InChI=1S/C16H17ClN2O/c1-2-15(12-4-3-5-13(17)10-12)19-14-8-6-11(7-9-14)16(18)20/h3-10,15,19H,2H2,1H3,(H2,18,20). The third-order valence-electron chi connectivity index (χ3n) is 3.17. The van der Waals surface area contributed by atoms with Crippen LogP contribution in [-0.4, -0.2) is 5.91 Å². The molecule has 0 aliphatic heterocycles. The van der Waals surface area contributed by atoms with Crippen molar-refractivity contribution >= 4 is 23.2 Å². The Morgan fingerprint density at radius 3 is 2.50 bits per heavy atom. The van der Waals surface area contributed by atoms with Gasteiger partial charge < -0.3 is 11.1 Å². The number of hydrogen-bond acceptors (Lipinski definition) is 2. The van der Waals surface area contributed by atoms with Crippen molar-refractivity contribution in [3.63, 3.8) is 0 Å². The summed E-state index contributed by atoms with van der Waals surface area (Å²) in [6.45, 7) is 2.11. The molecule has 0 saturated heterocycles. The molecule has 0 aromatic heterocycles. The Morgan fingerprint density at radius 1 is 1.25 bits per heavy atom. The van der Waals surface area contributed by atoms with E-state index in [4.69, 9.17) is 17.3 Å². The van der Waals surface area contributed by atoms with E-state index in [-0.39, 0.29) is 6.04 Å². The average molecular weight is 289 g/mol. The maximum atomic E-state index is 11.0. The van der Waals surface area contributed by atoms with E-state index < -0.39 is 5.91 Å². The Labute approximate surface area is 123 Å². The molecule has 1 unspecified atom stereocenters. The number of carbonyl (C=O) groups is 1. The molecular weight excluding hydrogens is 272 g/mol. The highest BCUT2D eigenvalue weighted by Crippen LogP contribution is 2.24. The molecule has 0 aliphatic rings. The van der Waals surface area contributed by atoms with Gasteiger partial charge in [-0.05, 0) is 48.4 Å². The number of rotatable bonds is 5. The van der Waals surface area contributed by atoms with Crippen molar-refractivity contribution in [3.8, 4) is 0 Å². The summed E-state index contributed by atoms with van der Waals surface area (Å²) in [5.41, 5.74) is 7.81. The number of amides is 1. The van der Waals surface area contributed by atoms with E-state index >= 15 is 0 Å². The molecule has 0 bridgehead atoms. The maximum Gasteiger partial charge on any atom is 0.248 e. The van der Waals surface area contributed by atoms with Crippen LogP contribution in [0.4, 0.5) is 5.69 Å². The van der Waals surface area contributed by atoms with Gasteiger partial charge in [-0.3, -0.25) is 4.79 Å². The zero-order valence-electron chi connectivity index (χ0n) is 11.3. The summed E-state index contributed by atoms with van der Waals surface area (Å²) >= 11 is 6.03. The van der Waals surface area contributed by atoms with Gasteiger partial charge in [-0.2, -0.15) is 0 Å². The fraction of sp³-hybridized carbons (Fsp3) is 0.188. The molecule has 1 amide bonds. The number of primary amides is 1. The Balaban J connectivity index is 2.16. The number of anilines is 1. The highest BCUT2D eigenvalue weighted by atomic mass is 35.5. The SMILES string of the molecule is CCC(Nc1ccc(C(N)=O)cc1)c1cccc(Cl)c1. The lowest BCUT2D eigenvalue weighted by atomic mass is 10.0. The number of nitrogens with two attached hydrogens (primary N) is 1. The molecule has 3 nitrogen and oxygen atoms in total. The van der Waals surface area contributed by atoms with Crippen molar-refractivity contribution in [2.24, 2.45) is 5.73 Å². The van der Waals surface area contributed by atoms with E-state index in [0.29, 0.717) is 5.56 Å². The number of benzene rings is 2. The largest absolute Gasteiger partial charge is 0.378 e. The number of halogens is 1. The second-order valence-electron chi connectivity index (χ2n) is 4.60. The second-order valence-corrected chi connectivity index (χ2v) is 5.04. The van der Waals surface area contributed by atoms with Crippen LogP contribution in [0.1, 0.15) is 35.3 Å². The van der Waals surface area contributed by atoms with Gasteiger partial charge in [0.1, 0.15) is 0 Å². The van der Waals surface area contributed by atoms with E-state index in [2.05, 4.69) is 12.2 Å². The zero-order valence-corrected chi connectivity index (χ0v) is 12.0. The van der Waals surface area contributed by atoms with Crippen molar-refractivity contribution in [3.05, 3.63) is 64.7 Å². The van der Waals surface area contributed by atoms with Crippen LogP contribution in [0.2, 0.25) is 5.02 Å². The van der Waals surface area contributed by atoms with Crippen molar-refractivity contribution in [2.45, 2.75) is 19.4 Å². The molecular formula is C16H17ClN2O. The number of nitrogens with one attached hydrogen (secondary N) is 1. The fourth-order valence-corrected chi connectivity index (χ4v) is 2.28.